The summed E-state index contributed by atoms with van der Waals surface area (Å²) >= 11 is 1.33. The van der Waals surface area contributed by atoms with Crippen molar-refractivity contribution < 1.29 is 4.79 Å². The molecule has 1 aliphatic rings. The van der Waals surface area contributed by atoms with E-state index in [1.807, 2.05) is 18.7 Å². The molecule has 1 aromatic rings. The van der Waals surface area contributed by atoms with E-state index in [0.717, 1.165) is 13.1 Å². The summed E-state index contributed by atoms with van der Waals surface area (Å²) in [6.45, 7) is 11.5. The maximum absolute atomic E-state index is 12.6. The van der Waals surface area contributed by atoms with Crippen molar-refractivity contribution in [3.63, 3.8) is 0 Å². The van der Waals surface area contributed by atoms with Gasteiger partial charge in [0.25, 0.3) is 5.56 Å². The van der Waals surface area contributed by atoms with Crippen LogP contribution in [0.4, 0.5) is 0 Å². The molecule has 0 spiro atoms. The number of thioether (sulfide) groups is 1. The Bertz CT molecular complexity index is 604. The highest BCUT2D eigenvalue weighted by molar-refractivity contribution is 8.00. The maximum Gasteiger partial charge on any atom is 0.254 e. The van der Waals surface area contributed by atoms with E-state index in [4.69, 9.17) is 0 Å². The van der Waals surface area contributed by atoms with Crippen molar-refractivity contribution in [1.82, 2.24) is 14.9 Å². The molecule has 1 N–H and O–H groups in total. The lowest BCUT2D eigenvalue weighted by molar-refractivity contribution is -0.132. The highest BCUT2D eigenvalue weighted by atomic mass is 32.2. The third-order valence-corrected chi connectivity index (χ3v) is 5.16. The molecule has 0 radical (unpaired) electrons. The second kappa shape index (κ2) is 6.86. The Kier molecular flexibility index (Phi) is 5.32. The van der Waals surface area contributed by atoms with Crippen LogP contribution in [0.2, 0.25) is 0 Å². The lowest BCUT2D eigenvalue weighted by Crippen LogP contribution is -2.45. The van der Waals surface area contributed by atoms with Crippen molar-refractivity contribution >= 4 is 17.7 Å². The van der Waals surface area contributed by atoms with Crippen molar-refractivity contribution in [2.75, 3.05) is 13.1 Å². The molecule has 1 amide bonds. The van der Waals surface area contributed by atoms with Crippen LogP contribution < -0.4 is 5.56 Å². The summed E-state index contributed by atoms with van der Waals surface area (Å²) < 4.78 is 0. The number of likely N-dealkylation sites (tertiary alicyclic amines) is 1. The van der Waals surface area contributed by atoms with Gasteiger partial charge in [-0.2, -0.15) is 0 Å². The third-order valence-electron chi connectivity index (χ3n) is 4.19. The molecule has 0 saturated carbocycles. The van der Waals surface area contributed by atoms with Gasteiger partial charge in [0.15, 0.2) is 5.16 Å². The quantitative estimate of drug-likeness (QED) is 0.685. The molecule has 1 aliphatic heterocycles. The minimum absolute atomic E-state index is 0.129. The number of carbonyl (C=O) groups is 1. The normalized spacial score (nSPS) is 23.4. The number of aromatic nitrogens is 2. The molecule has 6 heteroatoms. The molecule has 5 nitrogen and oxygen atoms in total. The Balaban J connectivity index is 2.07. The van der Waals surface area contributed by atoms with Crippen molar-refractivity contribution in [2.45, 2.75) is 51.4 Å². The first-order chi connectivity index (χ1) is 10.3. The average Bonchev–Trinajstić information content (AvgIpc) is 2.42. The zero-order valence-electron chi connectivity index (χ0n) is 14.0. The van der Waals surface area contributed by atoms with Gasteiger partial charge >= 0.3 is 0 Å². The van der Waals surface area contributed by atoms with Crippen LogP contribution in [-0.2, 0) is 4.79 Å². The number of aromatic amines is 1. The number of nitrogens with one attached hydrogen (secondary N) is 1. The molecule has 22 heavy (non-hydrogen) atoms. The molecule has 1 aromatic heterocycles. The Morgan fingerprint density at radius 3 is 2.45 bits per heavy atom. The van der Waals surface area contributed by atoms with E-state index in [1.165, 1.54) is 18.2 Å². The zero-order chi connectivity index (χ0) is 16.4. The third kappa shape index (κ3) is 3.91. The Hall–Kier alpha value is -1.30. The number of carbonyl (C=O) groups excluding carboxylic acids is 1. The first kappa shape index (κ1) is 17.1. The second-order valence-corrected chi connectivity index (χ2v) is 7.86. The van der Waals surface area contributed by atoms with E-state index in [2.05, 4.69) is 23.8 Å². The van der Waals surface area contributed by atoms with Crippen LogP contribution in [0.3, 0.4) is 0 Å². The summed E-state index contributed by atoms with van der Waals surface area (Å²) in [6.07, 6.45) is 1.18. The van der Waals surface area contributed by atoms with E-state index in [0.29, 0.717) is 28.2 Å². The van der Waals surface area contributed by atoms with Crippen LogP contribution >= 0.6 is 11.8 Å². The number of nitrogens with zero attached hydrogens (tertiary/aromatic N) is 2. The maximum atomic E-state index is 12.6. The van der Waals surface area contributed by atoms with Gasteiger partial charge in [0, 0.05) is 24.3 Å². The van der Waals surface area contributed by atoms with Crippen molar-refractivity contribution in [3.05, 3.63) is 21.6 Å². The van der Waals surface area contributed by atoms with Gasteiger partial charge in [0.1, 0.15) is 0 Å². The molecule has 122 valence electrons. The number of amides is 1. The summed E-state index contributed by atoms with van der Waals surface area (Å²) in [5.41, 5.74) is 1.21. The van der Waals surface area contributed by atoms with Gasteiger partial charge in [0.05, 0.1) is 5.25 Å². The molecule has 0 aromatic carbocycles. The van der Waals surface area contributed by atoms with Crippen LogP contribution in [0.15, 0.2) is 9.95 Å². The average molecular weight is 323 g/mol. The molecule has 1 saturated heterocycles. The minimum atomic E-state index is -0.247. The van der Waals surface area contributed by atoms with Crippen LogP contribution in [0.1, 0.15) is 38.4 Å². The minimum Gasteiger partial charge on any atom is -0.341 e. The van der Waals surface area contributed by atoms with E-state index in [-0.39, 0.29) is 16.7 Å². The number of piperidine rings is 1. The number of hydrogen-bond acceptors (Lipinski definition) is 4. The summed E-state index contributed by atoms with van der Waals surface area (Å²) in [5.74, 6) is 1.22. The molecule has 0 aliphatic carbocycles. The number of rotatable bonds is 3. The fourth-order valence-corrected chi connectivity index (χ4v) is 3.92. The van der Waals surface area contributed by atoms with Crippen LogP contribution in [0.25, 0.3) is 0 Å². The van der Waals surface area contributed by atoms with Crippen molar-refractivity contribution in [2.24, 2.45) is 11.8 Å². The summed E-state index contributed by atoms with van der Waals surface area (Å²) in [4.78, 5) is 33.5. The van der Waals surface area contributed by atoms with Crippen molar-refractivity contribution in [3.8, 4) is 0 Å². The number of hydrogen-bond donors (Lipinski definition) is 1. The van der Waals surface area contributed by atoms with Gasteiger partial charge in [-0.05, 0) is 39.0 Å². The van der Waals surface area contributed by atoms with Crippen LogP contribution in [0, 0.1) is 25.7 Å². The van der Waals surface area contributed by atoms with E-state index in [1.54, 1.807) is 6.92 Å². The molecule has 2 heterocycles. The van der Waals surface area contributed by atoms with Gasteiger partial charge in [-0.1, -0.05) is 25.6 Å². The summed E-state index contributed by atoms with van der Waals surface area (Å²) in [7, 11) is 0. The summed E-state index contributed by atoms with van der Waals surface area (Å²) in [6, 6.07) is 0. The monoisotopic (exact) mass is 323 g/mol. The van der Waals surface area contributed by atoms with Gasteiger partial charge < -0.3 is 9.88 Å². The second-order valence-electron chi connectivity index (χ2n) is 6.53. The van der Waals surface area contributed by atoms with Gasteiger partial charge in [0.2, 0.25) is 5.91 Å². The largest absolute Gasteiger partial charge is 0.341 e. The Morgan fingerprint density at radius 1 is 1.32 bits per heavy atom. The molecule has 1 fully saturated rings. The van der Waals surface area contributed by atoms with Gasteiger partial charge in [-0.3, -0.25) is 9.59 Å². The number of H-pyrrole nitrogens is 1. The highest BCUT2D eigenvalue weighted by Crippen LogP contribution is 2.25. The zero-order valence-corrected chi connectivity index (χ0v) is 14.8. The van der Waals surface area contributed by atoms with E-state index < -0.39 is 0 Å². The number of aryl methyl sites for hydroxylation is 1. The topological polar surface area (TPSA) is 66.1 Å². The first-order valence-electron chi connectivity index (χ1n) is 7.81. The molecular formula is C16H25N3O2S. The van der Waals surface area contributed by atoms with Crippen molar-refractivity contribution in [1.29, 1.82) is 0 Å². The predicted molar refractivity (Wildman–Crippen MR) is 89.2 cm³/mol. The fraction of sp³-hybridized carbons (Fsp3) is 0.688. The smallest absolute Gasteiger partial charge is 0.254 e. The standard InChI is InChI=1S/C16H25N3O2S/c1-9-6-10(2)8-19(7-9)15(21)13(5)22-16-17-12(4)11(3)14(20)18-16/h9-10,13H,6-8H2,1-5H3,(H,17,18,20). The first-order valence-corrected chi connectivity index (χ1v) is 8.68. The lowest BCUT2D eigenvalue weighted by atomic mass is 9.92. The molecular weight excluding hydrogens is 298 g/mol. The Morgan fingerprint density at radius 2 is 1.91 bits per heavy atom. The van der Waals surface area contributed by atoms with E-state index in [9.17, 15) is 9.59 Å². The summed E-state index contributed by atoms with van der Waals surface area (Å²) in [5, 5.41) is 0.273. The molecule has 2 rings (SSSR count). The molecule has 0 bridgehead atoms. The SMILES string of the molecule is Cc1nc(SC(C)C(=O)N2CC(C)CC(C)C2)[nH]c(=O)c1C. The van der Waals surface area contributed by atoms with Crippen LogP contribution in [-0.4, -0.2) is 39.1 Å². The Labute approximate surface area is 135 Å². The van der Waals surface area contributed by atoms with Gasteiger partial charge in [-0.15, -0.1) is 0 Å². The molecule has 3 unspecified atom stereocenters. The molecule has 3 atom stereocenters. The van der Waals surface area contributed by atoms with Crippen LogP contribution in [0.5, 0.6) is 0 Å². The van der Waals surface area contributed by atoms with E-state index >= 15 is 0 Å². The lowest BCUT2D eigenvalue weighted by Gasteiger charge is -2.36. The predicted octanol–water partition coefficient (Wildman–Crippen LogP) is 2.37. The highest BCUT2D eigenvalue weighted by Gasteiger charge is 2.29. The van der Waals surface area contributed by atoms with Gasteiger partial charge in [-0.25, -0.2) is 4.98 Å². The fourth-order valence-electron chi connectivity index (χ4n) is 2.99.